The van der Waals surface area contributed by atoms with Crippen molar-refractivity contribution in [3.8, 4) is 0 Å². The zero-order valence-electron chi connectivity index (χ0n) is 15.7. The molecule has 1 amide bonds. The molecule has 30 heavy (non-hydrogen) atoms. The number of aromatic nitrogens is 4. The van der Waals surface area contributed by atoms with Crippen molar-refractivity contribution in [2.45, 2.75) is 23.4 Å². The van der Waals surface area contributed by atoms with Gasteiger partial charge in [0.05, 0.1) is 5.69 Å². The van der Waals surface area contributed by atoms with Crippen LogP contribution in [0.4, 0.5) is 10.1 Å². The van der Waals surface area contributed by atoms with Crippen molar-refractivity contribution in [2.75, 3.05) is 5.32 Å². The lowest BCUT2D eigenvalue weighted by molar-refractivity contribution is -0.117. The number of amides is 1. The van der Waals surface area contributed by atoms with Crippen molar-refractivity contribution >= 4 is 40.6 Å². The average molecular weight is 444 g/mol. The molecular formula is C20H15ClFN5O2S. The van der Waals surface area contributed by atoms with Crippen LogP contribution in [0.5, 0.6) is 0 Å². The Balaban J connectivity index is 1.60. The van der Waals surface area contributed by atoms with Gasteiger partial charge in [0.1, 0.15) is 17.4 Å². The van der Waals surface area contributed by atoms with E-state index in [2.05, 4.69) is 15.4 Å². The van der Waals surface area contributed by atoms with Crippen LogP contribution in [0.25, 0.3) is 5.65 Å². The van der Waals surface area contributed by atoms with Crippen LogP contribution in [0.3, 0.4) is 0 Å². The second-order valence-corrected chi connectivity index (χ2v) is 7.96. The van der Waals surface area contributed by atoms with E-state index in [0.29, 0.717) is 10.7 Å². The van der Waals surface area contributed by atoms with E-state index in [1.165, 1.54) is 40.7 Å². The number of aryl methyl sites for hydroxylation is 1. The van der Waals surface area contributed by atoms with Gasteiger partial charge in [-0.3, -0.25) is 4.79 Å². The largest absolute Gasteiger partial charge is 0.350 e. The van der Waals surface area contributed by atoms with Crippen LogP contribution in [0.15, 0.2) is 69.6 Å². The van der Waals surface area contributed by atoms with Gasteiger partial charge in [-0.05, 0) is 37.3 Å². The summed E-state index contributed by atoms with van der Waals surface area (Å²) in [5, 5.41) is 7.42. The maximum Gasteiger partial charge on any atom is 0.350 e. The lowest BCUT2D eigenvalue weighted by Gasteiger charge is -2.06. The maximum atomic E-state index is 13.9. The van der Waals surface area contributed by atoms with Gasteiger partial charge < -0.3 is 5.32 Å². The number of anilines is 1. The fourth-order valence-corrected chi connectivity index (χ4v) is 3.93. The Hall–Kier alpha value is -3.17. The molecule has 4 aromatic rings. The molecule has 2 aromatic heterocycles. The first kappa shape index (κ1) is 20.1. The van der Waals surface area contributed by atoms with Gasteiger partial charge in [0.2, 0.25) is 5.91 Å². The summed E-state index contributed by atoms with van der Waals surface area (Å²) in [6.45, 7) is 1.61. The van der Waals surface area contributed by atoms with Crippen LogP contribution in [-0.2, 0) is 11.3 Å². The molecule has 7 nitrogen and oxygen atoms in total. The molecule has 0 fully saturated rings. The van der Waals surface area contributed by atoms with E-state index in [-0.39, 0.29) is 17.3 Å². The molecule has 10 heteroatoms. The molecule has 2 aromatic carbocycles. The summed E-state index contributed by atoms with van der Waals surface area (Å²) in [5.41, 5.74) is 0.907. The first-order chi connectivity index (χ1) is 14.4. The molecule has 0 spiro atoms. The second-order valence-electron chi connectivity index (χ2n) is 6.46. The Bertz CT molecular complexity index is 1320. The smallest absolute Gasteiger partial charge is 0.322 e. The first-order valence-electron chi connectivity index (χ1n) is 8.84. The highest BCUT2D eigenvalue weighted by Gasteiger charge is 2.16. The molecule has 2 heterocycles. The highest BCUT2D eigenvalue weighted by molar-refractivity contribution is 7.99. The van der Waals surface area contributed by atoms with Gasteiger partial charge in [0.25, 0.3) is 0 Å². The topological polar surface area (TPSA) is 81.3 Å². The monoisotopic (exact) mass is 443 g/mol. The molecule has 0 unspecified atom stereocenters. The van der Waals surface area contributed by atoms with Crippen molar-refractivity contribution in [1.29, 1.82) is 0 Å². The number of carbonyl (C=O) groups excluding carboxylic acids is 1. The number of carbonyl (C=O) groups is 1. The summed E-state index contributed by atoms with van der Waals surface area (Å²) in [4.78, 5) is 30.2. The molecule has 1 N–H and O–H groups in total. The molecular weight excluding hydrogens is 429 g/mol. The van der Waals surface area contributed by atoms with Crippen LogP contribution >= 0.6 is 23.4 Å². The van der Waals surface area contributed by atoms with Gasteiger partial charge in [-0.2, -0.15) is 0 Å². The number of nitrogens with one attached hydrogen (secondary N) is 1. The molecule has 4 rings (SSSR count). The van der Waals surface area contributed by atoms with E-state index < -0.39 is 17.4 Å². The van der Waals surface area contributed by atoms with Crippen molar-refractivity contribution < 1.29 is 9.18 Å². The van der Waals surface area contributed by atoms with Gasteiger partial charge in [0, 0.05) is 22.3 Å². The summed E-state index contributed by atoms with van der Waals surface area (Å²) in [6.07, 6.45) is 2.99. The fraction of sp³-hybridized carbons (Fsp3) is 0.100. The molecule has 0 bridgehead atoms. The Labute approximate surface area is 179 Å². The molecule has 0 radical (unpaired) electrons. The first-order valence-corrected chi connectivity index (χ1v) is 10.0. The summed E-state index contributed by atoms with van der Waals surface area (Å²) in [6, 6.07) is 11.8. The Morgan fingerprint density at radius 2 is 2.10 bits per heavy atom. The van der Waals surface area contributed by atoms with Gasteiger partial charge in [-0.15, -0.1) is 5.10 Å². The Morgan fingerprint density at radius 3 is 2.87 bits per heavy atom. The van der Waals surface area contributed by atoms with Crippen LogP contribution in [0.2, 0.25) is 5.02 Å². The van der Waals surface area contributed by atoms with Crippen molar-refractivity contribution in [1.82, 2.24) is 19.2 Å². The van der Waals surface area contributed by atoms with E-state index >= 15 is 0 Å². The van der Waals surface area contributed by atoms with E-state index in [9.17, 15) is 14.0 Å². The SMILES string of the molecule is Cc1cccc(Sc2nccn3c(=O)n(CC(=O)Nc4ccc(Cl)cc4F)nc23)c1. The summed E-state index contributed by atoms with van der Waals surface area (Å²) >= 11 is 7.08. The number of nitrogens with zero attached hydrogens (tertiary/aromatic N) is 4. The normalized spacial score (nSPS) is 11.0. The molecule has 0 atom stereocenters. The third kappa shape index (κ3) is 4.22. The highest BCUT2D eigenvalue weighted by Crippen LogP contribution is 2.28. The Kier molecular flexibility index (Phi) is 5.56. The van der Waals surface area contributed by atoms with Gasteiger partial charge in [0.15, 0.2) is 5.65 Å². The fourth-order valence-electron chi connectivity index (χ4n) is 2.81. The minimum atomic E-state index is -0.667. The lowest BCUT2D eigenvalue weighted by atomic mass is 10.2. The molecule has 152 valence electrons. The Morgan fingerprint density at radius 1 is 1.27 bits per heavy atom. The number of halogens is 2. The van der Waals surface area contributed by atoms with E-state index in [0.717, 1.165) is 21.2 Å². The zero-order chi connectivity index (χ0) is 21.3. The second kappa shape index (κ2) is 8.29. The molecule has 0 saturated carbocycles. The molecule has 0 saturated heterocycles. The third-order valence-corrected chi connectivity index (χ3v) is 5.38. The van der Waals surface area contributed by atoms with Gasteiger partial charge >= 0.3 is 5.69 Å². The van der Waals surface area contributed by atoms with Gasteiger partial charge in [-0.1, -0.05) is 41.1 Å². The minimum Gasteiger partial charge on any atom is -0.322 e. The number of fused-ring (bicyclic) bond motifs is 1. The lowest BCUT2D eigenvalue weighted by Crippen LogP contribution is -2.28. The molecule has 0 aliphatic rings. The quantitative estimate of drug-likeness (QED) is 0.507. The number of hydrogen-bond acceptors (Lipinski definition) is 5. The zero-order valence-corrected chi connectivity index (χ0v) is 17.2. The predicted octanol–water partition coefficient (Wildman–Crippen LogP) is 3.78. The highest BCUT2D eigenvalue weighted by atomic mass is 35.5. The molecule has 0 aliphatic carbocycles. The average Bonchev–Trinajstić information content (AvgIpc) is 3.01. The predicted molar refractivity (Wildman–Crippen MR) is 113 cm³/mol. The summed E-state index contributed by atoms with van der Waals surface area (Å²) in [7, 11) is 0. The third-order valence-electron chi connectivity index (χ3n) is 4.17. The number of rotatable bonds is 5. The molecule has 0 aliphatic heterocycles. The van der Waals surface area contributed by atoms with Crippen molar-refractivity contribution in [3.63, 3.8) is 0 Å². The van der Waals surface area contributed by atoms with Crippen LogP contribution in [0.1, 0.15) is 5.56 Å². The van der Waals surface area contributed by atoms with E-state index in [4.69, 9.17) is 11.6 Å². The number of benzene rings is 2. The standard InChI is InChI=1S/C20H15ClFN5O2S/c1-12-3-2-4-14(9-12)30-19-18-25-27(20(29)26(18)8-7-23-19)11-17(28)24-16-6-5-13(21)10-15(16)22/h2-10H,11H2,1H3,(H,24,28). The minimum absolute atomic E-state index is 0.0291. The maximum absolute atomic E-state index is 13.9. The van der Waals surface area contributed by atoms with Crippen LogP contribution < -0.4 is 11.0 Å². The van der Waals surface area contributed by atoms with Crippen molar-refractivity contribution in [2.24, 2.45) is 0 Å². The van der Waals surface area contributed by atoms with E-state index in [1.807, 2.05) is 31.2 Å². The van der Waals surface area contributed by atoms with Crippen LogP contribution in [-0.4, -0.2) is 25.1 Å². The van der Waals surface area contributed by atoms with Gasteiger partial charge in [-0.25, -0.2) is 23.3 Å². The number of hydrogen-bond donors (Lipinski definition) is 1. The summed E-state index contributed by atoms with van der Waals surface area (Å²) in [5.74, 6) is -1.26. The van der Waals surface area contributed by atoms with E-state index in [1.54, 1.807) is 0 Å². The van der Waals surface area contributed by atoms with Crippen LogP contribution in [0, 0.1) is 12.7 Å². The van der Waals surface area contributed by atoms with Crippen molar-refractivity contribution in [3.05, 3.63) is 81.7 Å². The summed E-state index contributed by atoms with van der Waals surface area (Å²) < 4.78 is 16.2.